The van der Waals surface area contributed by atoms with Gasteiger partial charge in [0.05, 0.1) is 10.9 Å². The third-order valence-electron chi connectivity index (χ3n) is 5.47. The lowest BCUT2D eigenvalue weighted by Crippen LogP contribution is -2.24. The van der Waals surface area contributed by atoms with Crippen LogP contribution < -0.4 is 0 Å². The van der Waals surface area contributed by atoms with Gasteiger partial charge in [-0.3, -0.25) is 4.79 Å². The van der Waals surface area contributed by atoms with Crippen LogP contribution in [0.4, 0.5) is 0 Å². The zero-order valence-electron chi connectivity index (χ0n) is 15.2. The fourth-order valence-electron chi connectivity index (χ4n) is 3.97. The normalized spacial score (nSPS) is 19.9. The number of carbonyl (C=O) groups excluding carboxylic acids is 1. The molecule has 1 heterocycles. The monoisotopic (exact) mass is 379 g/mol. The summed E-state index contributed by atoms with van der Waals surface area (Å²) in [6.07, 6.45) is 8.55. The number of hydrogen-bond donors (Lipinski definition) is 1. The van der Waals surface area contributed by atoms with Crippen molar-refractivity contribution in [3.63, 3.8) is 0 Å². The average Bonchev–Trinajstić information content (AvgIpc) is 3.16. The van der Waals surface area contributed by atoms with E-state index in [-0.39, 0.29) is 23.4 Å². The second-order valence-corrected chi connectivity index (χ2v) is 7.76. The number of rotatable bonds is 3. The number of likely N-dealkylation sites (N-methyl/N-ethyl adjacent to an activating group) is 1. The first-order chi connectivity index (χ1) is 13.0. The van der Waals surface area contributed by atoms with E-state index in [1.165, 1.54) is 0 Å². The number of benzene rings is 2. The molecule has 2 aromatic carbocycles. The van der Waals surface area contributed by atoms with E-state index in [1.807, 2.05) is 48.6 Å². The van der Waals surface area contributed by atoms with Crippen LogP contribution in [0, 0.1) is 5.92 Å². The zero-order chi connectivity index (χ0) is 19.0. The number of aromatic hydroxyl groups is 1. The highest BCUT2D eigenvalue weighted by atomic mass is 35.5. The van der Waals surface area contributed by atoms with Crippen LogP contribution in [0.1, 0.15) is 33.0 Å². The fourth-order valence-corrected chi connectivity index (χ4v) is 4.15. The molecule has 0 saturated carbocycles. The van der Waals surface area contributed by atoms with E-state index >= 15 is 0 Å². The number of fused-ring (bicyclic) bond motifs is 1. The summed E-state index contributed by atoms with van der Waals surface area (Å²) in [4.78, 5) is 15.1. The highest BCUT2D eigenvalue weighted by Crippen LogP contribution is 2.37. The van der Waals surface area contributed by atoms with Crippen molar-refractivity contribution < 1.29 is 9.90 Å². The van der Waals surface area contributed by atoms with Gasteiger partial charge < -0.3 is 10.0 Å². The molecule has 1 N–H and O–H groups in total. The maximum atomic E-state index is 12.8. The summed E-state index contributed by atoms with van der Waals surface area (Å²) in [7, 11) is 2.10. The van der Waals surface area contributed by atoms with E-state index in [0.717, 1.165) is 41.8 Å². The van der Waals surface area contributed by atoms with Gasteiger partial charge in [0, 0.05) is 24.6 Å². The van der Waals surface area contributed by atoms with Crippen LogP contribution in [0.5, 0.6) is 5.75 Å². The van der Waals surface area contributed by atoms with Gasteiger partial charge in [0.1, 0.15) is 5.75 Å². The number of allylic oxidation sites excluding steroid dienone is 4. The summed E-state index contributed by atoms with van der Waals surface area (Å²) in [6, 6.07) is 11.6. The third kappa shape index (κ3) is 3.58. The first-order valence-corrected chi connectivity index (χ1v) is 9.59. The second-order valence-electron chi connectivity index (χ2n) is 7.35. The first kappa shape index (κ1) is 18.0. The molecule has 0 spiro atoms. The number of halogens is 1. The van der Waals surface area contributed by atoms with Gasteiger partial charge in [0.25, 0.3) is 0 Å². The predicted molar refractivity (Wildman–Crippen MR) is 109 cm³/mol. The second kappa shape index (κ2) is 7.34. The fraction of sp³-hybridized carbons (Fsp3) is 0.261. The smallest absolute Gasteiger partial charge is 0.173 e. The summed E-state index contributed by atoms with van der Waals surface area (Å²) in [5.41, 5.74) is 4.06. The molecule has 0 bridgehead atoms. The minimum absolute atomic E-state index is 0.0816. The summed E-state index contributed by atoms with van der Waals surface area (Å²) in [6.45, 7) is 1.76. The van der Waals surface area contributed by atoms with Crippen molar-refractivity contribution in [2.45, 2.75) is 12.3 Å². The third-order valence-corrected chi connectivity index (χ3v) is 5.77. The molecule has 4 rings (SSSR count). The van der Waals surface area contributed by atoms with E-state index in [1.54, 1.807) is 6.07 Å². The maximum absolute atomic E-state index is 12.8. The van der Waals surface area contributed by atoms with Gasteiger partial charge in [-0.2, -0.15) is 0 Å². The van der Waals surface area contributed by atoms with Crippen LogP contribution >= 0.6 is 11.6 Å². The minimum Gasteiger partial charge on any atom is -0.506 e. The lowest BCUT2D eigenvalue weighted by atomic mass is 9.86. The Hall–Kier alpha value is -2.36. The molecule has 4 heteroatoms. The number of Topliss-reactive ketones (excluding diaryl/α,β-unsaturated/α-hetero) is 1. The van der Waals surface area contributed by atoms with Crippen molar-refractivity contribution in [1.29, 1.82) is 0 Å². The Labute approximate surface area is 164 Å². The van der Waals surface area contributed by atoms with Crippen LogP contribution in [0.15, 0.2) is 60.7 Å². The Balaban J connectivity index is 1.75. The van der Waals surface area contributed by atoms with Crippen molar-refractivity contribution in [2.75, 3.05) is 20.1 Å². The van der Waals surface area contributed by atoms with Gasteiger partial charge >= 0.3 is 0 Å². The van der Waals surface area contributed by atoms with Gasteiger partial charge in [-0.15, -0.1) is 0 Å². The van der Waals surface area contributed by atoms with Gasteiger partial charge in [0.2, 0.25) is 0 Å². The molecule has 1 atom stereocenters. The molecule has 2 aliphatic rings. The molecule has 27 heavy (non-hydrogen) atoms. The Morgan fingerprint density at radius 1 is 1.19 bits per heavy atom. The highest BCUT2D eigenvalue weighted by Gasteiger charge is 2.25. The van der Waals surface area contributed by atoms with Crippen LogP contribution in [-0.2, 0) is 6.42 Å². The Bertz CT molecular complexity index is 935. The maximum Gasteiger partial charge on any atom is 0.173 e. The first-order valence-electron chi connectivity index (χ1n) is 9.22. The Morgan fingerprint density at radius 3 is 2.74 bits per heavy atom. The van der Waals surface area contributed by atoms with Crippen molar-refractivity contribution in [2.24, 2.45) is 5.92 Å². The molecule has 138 valence electrons. The van der Waals surface area contributed by atoms with E-state index in [4.69, 9.17) is 11.6 Å². The SMILES string of the molecule is CN1CCc2cc(Cl)c(O)cc2C(c2cccc(C(=O)C3C=CC=C3)c2)C1. The number of nitrogens with zero attached hydrogens (tertiary/aromatic N) is 1. The van der Waals surface area contributed by atoms with E-state index in [9.17, 15) is 9.90 Å². The topological polar surface area (TPSA) is 40.5 Å². The molecule has 1 aliphatic carbocycles. The molecule has 0 amide bonds. The highest BCUT2D eigenvalue weighted by molar-refractivity contribution is 6.32. The van der Waals surface area contributed by atoms with Crippen molar-refractivity contribution in [1.82, 2.24) is 4.90 Å². The molecular weight excluding hydrogens is 358 g/mol. The van der Waals surface area contributed by atoms with E-state index in [2.05, 4.69) is 18.0 Å². The van der Waals surface area contributed by atoms with Gasteiger partial charge in [-0.25, -0.2) is 0 Å². The molecule has 0 saturated heterocycles. The van der Waals surface area contributed by atoms with Crippen molar-refractivity contribution >= 4 is 17.4 Å². The van der Waals surface area contributed by atoms with Crippen molar-refractivity contribution in [3.8, 4) is 5.75 Å². The van der Waals surface area contributed by atoms with Crippen LogP contribution in [-0.4, -0.2) is 35.9 Å². The summed E-state index contributed by atoms with van der Waals surface area (Å²) < 4.78 is 0. The van der Waals surface area contributed by atoms with Gasteiger partial charge in [-0.05, 0) is 48.4 Å². The van der Waals surface area contributed by atoms with Gasteiger partial charge in [-0.1, -0.05) is 54.1 Å². The molecule has 0 fully saturated rings. The number of carbonyl (C=O) groups is 1. The predicted octanol–water partition coefficient (Wildman–Crippen LogP) is 4.59. The average molecular weight is 380 g/mol. The Kier molecular flexibility index (Phi) is 4.90. The van der Waals surface area contributed by atoms with E-state index < -0.39 is 0 Å². The molecule has 3 nitrogen and oxygen atoms in total. The quantitative estimate of drug-likeness (QED) is 0.793. The van der Waals surface area contributed by atoms with Crippen LogP contribution in [0.3, 0.4) is 0 Å². The molecule has 1 unspecified atom stereocenters. The molecule has 2 aromatic rings. The largest absolute Gasteiger partial charge is 0.506 e. The number of phenolic OH excluding ortho intramolecular Hbond substituents is 1. The van der Waals surface area contributed by atoms with Crippen LogP contribution in [0.2, 0.25) is 5.02 Å². The molecule has 0 radical (unpaired) electrons. The number of phenols is 1. The summed E-state index contributed by atoms with van der Waals surface area (Å²) in [5, 5.41) is 10.6. The van der Waals surface area contributed by atoms with E-state index in [0.29, 0.717) is 5.02 Å². The number of ketones is 1. The standard InChI is InChI=1S/C23H22ClNO2/c1-25-10-9-17-12-21(24)22(26)13-19(17)20(14-25)16-7-4-8-18(11-16)23(27)15-5-2-3-6-15/h2-8,11-13,15,20,26H,9-10,14H2,1H3. The van der Waals surface area contributed by atoms with Crippen molar-refractivity contribution in [3.05, 3.63) is 88.0 Å². The summed E-state index contributed by atoms with van der Waals surface area (Å²) >= 11 is 6.15. The minimum atomic E-state index is -0.174. The zero-order valence-corrected chi connectivity index (χ0v) is 16.0. The number of hydrogen-bond acceptors (Lipinski definition) is 3. The molecule has 1 aliphatic heterocycles. The Morgan fingerprint density at radius 2 is 1.96 bits per heavy atom. The lowest BCUT2D eigenvalue weighted by Gasteiger charge is -2.23. The van der Waals surface area contributed by atoms with Crippen LogP contribution in [0.25, 0.3) is 0 Å². The van der Waals surface area contributed by atoms with Gasteiger partial charge in [0.15, 0.2) is 5.78 Å². The molecule has 0 aromatic heterocycles. The molecular formula is C23H22ClNO2. The summed E-state index contributed by atoms with van der Waals surface area (Å²) in [5.74, 6) is 0.131. The lowest BCUT2D eigenvalue weighted by molar-refractivity contribution is 0.0966.